The van der Waals surface area contributed by atoms with Gasteiger partial charge in [-0.05, 0) is 38.8 Å². The lowest BCUT2D eigenvalue weighted by atomic mass is 10.2. The molecule has 0 bridgehead atoms. The van der Waals surface area contributed by atoms with Crippen molar-refractivity contribution in [3.05, 3.63) is 59.9 Å². The number of benzene rings is 1. The highest BCUT2D eigenvalue weighted by atomic mass is 16.5. The van der Waals surface area contributed by atoms with E-state index in [-0.39, 0.29) is 0 Å². The maximum Gasteiger partial charge on any atom is 0.191 e. The van der Waals surface area contributed by atoms with Gasteiger partial charge in [-0.25, -0.2) is 4.99 Å². The smallest absolute Gasteiger partial charge is 0.191 e. The largest absolute Gasteiger partial charge is 0.489 e. The Bertz CT molecular complexity index is 781. The first-order valence-electron chi connectivity index (χ1n) is 9.88. The van der Waals surface area contributed by atoms with Crippen LogP contribution in [-0.4, -0.2) is 35.4 Å². The summed E-state index contributed by atoms with van der Waals surface area (Å²) in [7, 11) is 0. The molecule has 0 spiro atoms. The van der Waals surface area contributed by atoms with Crippen LogP contribution in [0.15, 0.2) is 48.0 Å². The molecule has 2 N–H and O–H groups in total. The fourth-order valence-electron chi connectivity index (χ4n) is 2.92. The first kappa shape index (κ1) is 21.5. The van der Waals surface area contributed by atoms with Gasteiger partial charge in [0.15, 0.2) is 5.96 Å². The number of nitrogens with one attached hydrogen (secondary N) is 2. The number of nitrogens with zero attached hydrogens (tertiary/aromatic N) is 3. The minimum absolute atomic E-state index is 0.421. The summed E-state index contributed by atoms with van der Waals surface area (Å²) >= 11 is 0. The van der Waals surface area contributed by atoms with E-state index in [0.717, 1.165) is 42.6 Å². The minimum Gasteiger partial charge on any atom is -0.489 e. The third kappa shape index (κ3) is 6.76. The number of aliphatic imine (C=N–C) groups is 1. The van der Waals surface area contributed by atoms with Crippen LogP contribution >= 0.6 is 0 Å². The van der Waals surface area contributed by atoms with E-state index >= 15 is 0 Å². The van der Waals surface area contributed by atoms with Crippen molar-refractivity contribution in [3.63, 3.8) is 0 Å². The quantitative estimate of drug-likeness (QED) is 0.375. The number of ether oxygens (including phenoxy) is 1. The third-order valence-corrected chi connectivity index (χ3v) is 4.29. The van der Waals surface area contributed by atoms with Gasteiger partial charge in [0.2, 0.25) is 0 Å². The molecule has 28 heavy (non-hydrogen) atoms. The lowest BCUT2D eigenvalue weighted by Gasteiger charge is -2.17. The van der Waals surface area contributed by atoms with Gasteiger partial charge in [0.1, 0.15) is 12.4 Å². The van der Waals surface area contributed by atoms with E-state index in [1.165, 1.54) is 5.69 Å². The van der Waals surface area contributed by atoms with Crippen molar-refractivity contribution >= 4 is 5.96 Å². The van der Waals surface area contributed by atoms with Crippen molar-refractivity contribution in [2.24, 2.45) is 10.9 Å². The van der Waals surface area contributed by atoms with Crippen LogP contribution in [-0.2, 0) is 13.1 Å². The van der Waals surface area contributed by atoms with Crippen molar-refractivity contribution < 1.29 is 4.74 Å². The number of hydrogen-bond donors (Lipinski definition) is 2. The molecule has 2 aromatic rings. The van der Waals surface area contributed by atoms with Crippen LogP contribution in [0, 0.1) is 19.8 Å². The summed E-state index contributed by atoms with van der Waals surface area (Å²) in [4.78, 5) is 4.72. The number of rotatable bonds is 10. The van der Waals surface area contributed by atoms with E-state index in [0.29, 0.717) is 19.1 Å². The van der Waals surface area contributed by atoms with Gasteiger partial charge in [0, 0.05) is 30.9 Å². The zero-order chi connectivity index (χ0) is 20.4. The molecule has 0 saturated carbocycles. The molecule has 1 aromatic heterocycles. The Morgan fingerprint density at radius 3 is 2.79 bits per heavy atom. The van der Waals surface area contributed by atoms with Crippen LogP contribution in [0.4, 0.5) is 0 Å². The van der Waals surface area contributed by atoms with Gasteiger partial charge in [-0.3, -0.25) is 4.68 Å². The highest BCUT2D eigenvalue weighted by molar-refractivity contribution is 5.79. The molecule has 0 aliphatic heterocycles. The van der Waals surface area contributed by atoms with Gasteiger partial charge in [0.25, 0.3) is 0 Å². The van der Waals surface area contributed by atoms with Crippen LogP contribution in [0.5, 0.6) is 5.75 Å². The number of aromatic nitrogens is 2. The molecule has 0 fully saturated rings. The van der Waals surface area contributed by atoms with E-state index in [1.807, 2.05) is 31.2 Å². The standard InChI is InChI=1S/C22H33N5O/c1-6-12-28-21-11-9-8-10-20(21)15-25-22(23-7-2)24-14-17(3)16-27-19(5)13-18(4)26-27/h6,8-11,13,17H,1,7,12,14-16H2,2-5H3,(H2,23,24,25). The lowest BCUT2D eigenvalue weighted by molar-refractivity contribution is 0.359. The third-order valence-electron chi connectivity index (χ3n) is 4.29. The molecule has 1 aromatic carbocycles. The maximum absolute atomic E-state index is 5.72. The van der Waals surface area contributed by atoms with Crippen LogP contribution < -0.4 is 15.4 Å². The molecular weight excluding hydrogens is 350 g/mol. The zero-order valence-corrected chi connectivity index (χ0v) is 17.5. The van der Waals surface area contributed by atoms with Gasteiger partial charge in [-0.15, -0.1) is 0 Å². The van der Waals surface area contributed by atoms with Gasteiger partial charge < -0.3 is 15.4 Å². The summed E-state index contributed by atoms with van der Waals surface area (Å²) in [5, 5.41) is 11.3. The molecule has 152 valence electrons. The van der Waals surface area contributed by atoms with Gasteiger partial charge >= 0.3 is 0 Å². The fourth-order valence-corrected chi connectivity index (χ4v) is 2.92. The van der Waals surface area contributed by atoms with Gasteiger partial charge in [-0.1, -0.05) is 37.8 Å². The van der Waals surface area contributed by atoms with Crippen molar-refractivity contribution in [1.29, 1.82) is 0 Å². The SMILES string of the molecule is C=CCOc1ccccc1CN=C(NCC)NCC(C)Cn1nc(C)cc1C. The molecule has 1 heterocycles. The molecule has 6 heteroatoms. The van der Waals surface area contributed by atoms with Crippen molar-refractivity contribution in [1.82, 2.24) is 20.4 Å². The van der Waals surface area contributed by atoms with Gasteiger partial charge in [0.05, 0.1) is 12.2 Å². The predicted molar refractivity (Wildman–Crippen MR) is 116 cm³/mol. The summed E-state index contributed by atoms with van der Waals surface area (Å²) in [5.41, 5.74) is 3.31. The molecule has 0 radical (unpaired) electrons. The number of guanidine groups is 1. The Morgan fingerprint density at radius 1 is 1.32 bits per heavy atom. The Kier molecular flexibility index (Phi) is 8.59. The van der Waals surface area contributed by atoms with Crippen molar-refractivity contribution in [3.8, 4) is 5.75 Å². The fraction of sp³-hybridized carbons (Fsp3) is 0.455. The second kappa shape index (κ2) is 11.2. The lowest BCUT2D eigenvalue weighted by Crippen LogP contribution is -2.40. The summed E-state index contributed by atoms with van der Waals surface area (Å²) in [6.45, 7) is 15.7. The molecular formula is C22H33N5O. The van der Waals surface area contributed by atoms with Crippen LogP contribution in [0.2, 0.25) is 0 Å². The molecule has 0 aliphatic rings. The second-order valence-corrected chi connectivity index (χ2v) is 7.00. The first-order valence-corrected chi connectivity index (χ1v) is 9.88. The van der Waals surface area contributed by atoms with E-state index in [2.05, 4.69) is 53.8 Å². The monoisotopic (exact) mass is 383 g/mol. The Morgan fingerprint density at radius 2 is 2.11 bits per heavy atom. The van der Waals surface area contributed by atoms with Gasteiger partial charge in [-0.2, -0.15) is 5.10 Å². The summed E-state index contributed by atoms with van der Waals surface area (Å²) in [6, 6.07) is 10.1. The van der Waals surface area contributed by atoms with Crippen LogP contribution in [0.25, 0.3) is 0 Å². The van der Waals surface area contributed by atoms with E-state index in [1.54, 1.807) is 6.08 Å². The Hall–Kier alpha value is -2.76. The molecule has 1 unspecified atom stereocenters. The summed E-state index contributed by atoms with van der Waals surface area (Å²) in [5.74, 6) is 2.08. The molecule has 1 atom stereocenters. The van der Waals surface area contributed by atoms with Crippen LogP contribution in [0.3, 0.4) is 0 Å². The summed E-state index contributed by atoms with van der Waals surface area (Å²) in [6.07, 6.45) is 1.75. The molecule has 0 amide bonds. The highest BCUT2D eigenvalue weighted by Gasteiger charge is 2.09. The predicted octanol–water partition coefficient (Wildman–Crippen LogP) is 3.46. The molecule has 0 aliphatic carbocycles. The average molecular weight is 384 g/mol. The summed E-state index contributed by atoms with van der Waals surface area (Å²) < 4.78 is 7.79. The topological polar surface area (TPSA) is 63.5 Å². The van der Waals surface area contributed by atoms with E-state index in [9.17, 15) is 0 Å². The van der Waals surface area contributed by atoms with E-state index < -0.39 is 0 Å². The molecule has 2 rings (SSSR count). The first-order chi connectivity index (χ1) is 13.5. The number of para-hydroxylation sites is 1. The van der Waals surface area contributed by atoms with Crippen LogP contribution in [0.1, 0.15) is 30.8 Å². The second-order valence-electron chi connectivity index (χ2n) is 7.00. The Balaban J connectivity index is 1.95. The molecule has 0 saturated heterocycles. The van der Waals surface area contributed by atoms with Crippen molar-refractivity contribution in [2.45, 2.75) is 40.8 Å². The highest BCUT2D eigenvalue weighted by Crippen LogP contribution is 2.18. The minimum atomic E-state index is 0.421. The normalized spacial score (nSPS) is 12.5. The number of aryl methyl sites for hydroxylation is 2. The average Bonchev–Trinajstić information content (AvgIpc) is 2.99. The maximum atomic E-state index is 5.72. The molecule has 6 nitrogen and oxygen atoms in total. The number of hydrogen-bond acceptors (Lipinski definition) is 3. The zero-order valence-electron chi connectivity index (χ0n) is 17.5. The Labute approximate surface area is 168 Å². The van der Waals surface area contributed by atoms with Crippen molar-refractivity contribution in [2.75, 3.05) is 19.7 Å². The van der Waals surface area contributed by atoms with E-state index in [4.69, 9.17) is 9.73 Å².